The lowest BCUT2D eigenvalue weighted by atomic mass is 10.2. The summed E-state index contributed by atoms with van der Waals surface area (Å²) in [7, 11) is 1.47. The second-order valence-corrected chi connectivity index (χ2v) is 4.44. The van der Waals surface area contributed by atoms with Crippen molar-refractivity contribution in [2.75, 3.05) is 24.8 Å². The molecule has 3 N–H and O–H groups in total. The number of nitrogens with two attached hydrogens (primary N) is 1. The molecule has 0 heterocycles. The molecule has 22 heavy (non-hydrogen) atoms. The van der Waals surface area contributed by atoms with E-state index < -0.39 is 0 Å². The summed E-state index contributed by atoms with van der Waals surface area (Å²) in [5.74, 6) is 0.490. The van der Waals surface area contributed by atoms with Crippen LogP contribution in [-0.4, -0.2) is 19.6 Å². The number of amides is 1. The quantitative estimate of drug-likeness (QED) is 0.824. The number of carbonyl (C=O) groups excluding carboxylic acids is 1. The molecule has 112 valence electrons. The van der Waals surface area contributed by atoms with E-state index in [4.69, 9.17) is 20.5 Å². The number of benzene rings is 2. The van der Waals surface area contributed by atoms with Crippen molar-refractivity contribution in [3.05, 3.63) is 48.0 Å². The third kappa shape index (κ3) is 3.90. The van der Waals surface area contributed by atoms with Gasteiger partial charge in [0.15, 0.2) is 18.1 Å². The van der Waals surface area contributed by atoms with Gasteiger partial charge in [0.2, 0.25) is 0 Å². The minimum absolute atomic E-state index is 0.174. The zero-order valence-electron chi connectivity index (χ0n) is 12.0. The van der Waals surface area contributed by atoms with Gasteiger partial charge in [-0.15, -0.1) is 0 Å². The van der Waals surface area contributed by atoms with Crippen LogP contribution in [0.3, 0.4) is 0 Å². The first-order chi connectivity index (χ1) is 10.6. The van der Waals surface area contributed by atoms with Crippen LogP contribution in [0.4, 0.5) is 11.4 Å². The Bertz CT molecular complexity index is 706. The van der Waals surface area contributed by atoms with Crippen molar-refractivity contribution in [1.82, 2.24) is 0 Å². The summed E-state index contributed by atoms with van der Waals surface area (Å²) < 4.78 is 10.5. The number of hydrogen-bond acceptors (Lipinski definition) is 5. The predicted octanol–water partition coefficient (Wildman–Crippen LogP) is 2.17. The largest absolute Gasteiger partial charge is 0.493 e. The van der Waals surface area contributed by atoms with Crippen molar-refractivity contribution < 1.29 is 14.3 Å². The number of nitrogens with one attached hydrogen (secondary N) is 1. The molecular formula is C16H15N3O3. The smallest absolute Gasteiger partial charge is 0.262 e. The fourth-order valence-corrected chi connectivity index (χ4v) is 1.76. The van der Waals surface area contributed by atoms with Crippen molar-refractivity contribution in [3.63, 3.8) is 0 Å². The maximum atomic E-state index is 11.8. The SMILES string of the molecule is COc1cc(C#N)ccc1OCC(=O)Nc1ccc(N)cc1. The molecule has 0 fully saturated rings. The molecule has 2 aromatic carbocycles. The average Bonchev–Trinajstić information content (AvgIpc) is 2.55. The first-order valence-electron chi connectivity index (χ1n) is 6.48. The summed E-state index contributed by atoms with van der Waals surface area (Å²) >= 11 is 0. The third-order valence-corrected chi connectivity index (χ3v) is 2.85. The molecule has 0 spiro atoms. The van der Waals surface area contributed by atoms with Gasteiger partial charge >= 0.3 is 0 Å². The fourth-order valence-electron chi connectivity index (χ4n) is 1.76. The standard InChI is InChI=1S/C16H15N3O3/c1-21-15-8-11(9-17)2-7-14(15)22-10-16(20)19-13-5-3-12(18)4-6-13/h2-8H,10,18H2,1H3,(H,19,20). The van der Waals surface area contributed by atoms with Gasteiger partial charge in [0.25, 0.3) is 5.91 Å². The molecule has 0 saturated carbocycles. The van der Waals surface area contributed by atoms with Crippen LogP contribution in [0.2, 0.25) is 0 Å². The Labute approximate surface area is 128 Å². The van der Waals surface area contributed by atoms with Crippen molar-refractivity contribution in [1.29, 1.82) is 5.26 Å². The number of hydrogen-bond donors (Lipinski definition) is 2. The van der Waals surface area contributed by atoms with E-state index in [2.05, 4.69) is 5.32 Å². The zero-order valence-corrected chi connectivity index (χ0v) is 12.0. The van der Waals surface area contributed by atoms with Crippen LogP contribution < -0.4 is 20.5 Å². The highest BCUT2D eigenvalue weighted by Crippen LogP contribution is 2.27. The molecule has 1 amide bonds. The Hall–Kier alpha value is -3.20. The van der Waals surface area contributed by atoms with Crippen LogP contribution in [0.25, 0.3) is 0 Å². The lowest BCUT2D eigenvalue weighted by Crippen LogP contribution is -2.20. The van der Waals surface area contributed by atoms with E-state index in [0.717, 1.165) is 0 Å². The molecule has 0 saturated heterocycles. The van der Waals surface area contributed by atoms with E-state index in [-0.39, 0.29) is 12.5 Å². The molecule has 0 aliphatic heterocycles. The summed E-state index contributed by atoms with van der Waals surface area (Å²) in [6.07, 6.45) is 0. The third-order valence-electron chi connectivity index (χ3n) is 2.85. The van der Waals surface area contributed by atoms with Crippen molar-refractivity contribution in [2.45, 2.75) is 0 Å². The molecule has 6 nitrogen and oxygen atoms in total. The van der Waals surface area contributed by atoms with E-state index in [9.17, 15) is 4.79 Å². The minimum atomic E-state index is -0.309. The van der Waals surface area contributed by atoms with Crippen molar-refractivity contribution in [2.24, 2.45) is 0 Å². The number of carbonyl (C=O) groups is 1. The van der Waals surface area contributed by atoms with Gasteiger partial charge in [-0.25, -0.2) is 0 Å². The van der Waals surface area contributed by atoms with Crippen molar-refractivity contribution >= 4 is 17.3 Å². The Morgan fingerprint density at radius 2 is 1.95 bits per heavy atom. The summed E-state index contributed by atoms with van der Waals surface area (Å²) in [6, 6.07) is 13.5. The maximum Gasteiger partial charge on any atom is 0.262 e. The molecule has 2 aromatic rings. The van der Waals surface area contributed by atoms with Gasteiger partial charge in [-0.3, -0.25) is 4.79 Å². The Kier molecular flexibility index (Phi) is 4.83. The van der Waals surface area contributed by atoms with Gasteiger partial charge in [0.05, 0.1) is 18.7 Å². The molecule has 0 unspecified atom stereocenters. The summed E-state index contributed by atoms with van der Waals surface area (Å²) in [4.78, 5) is 11.8. The molecule has 0 bridgehead atoms. The van der Waals surface area contributed by atoms with Gasteiger partial charge < -0.3 is 20.5 Å². The number of anilines is 2. The van der Waals surface area contributed by atoms with Crippen LogP contribution in [-0.2, 0) is 4.79 Å². The first kappa shape index (κ1) is 15.2. The molecule has 0 atom stereocenters. The van der Waals surface area contributed by atoms with E-state index in [1.165, 1.54) is 7.11 Å². The predicted molar refractivity (Wildman–Crippen MR) is 82.7 cm³/mol. The van der Waals surface area contributed by atoms with Crippen LogP contribution >= 0.6 is 0 Å². The van der Waals surface area contributed by atoms with Crippen LogP contribution in [0.1, 0.15) is 5.56 Å². The van der Waals surface area contributed by atoms with Gasteiger partial charge in [0.1, 0.15) is 0 Å². The topological polar surface area (TPSA) is 97.4 Å². The summed E-state index contributed by atoms with van der Waals surface area (Å²) in [5, 5.41) is 11.5. The van der Waals surface area contributed by atoms with E-state index >= 15 is 0 Å². The highest BCUT2D eigenvalue weighted by atomic mass is 16.5. The van der Waals surface area contributed by atoms with Crippen LogP contribution in [0, 0.1) is 11.3 Å². The molecule has 0 aromatic heterocycles. The highest BCUT2D eigenvalue weighted by molar-refractivity contribution is 5.92. The first-order valence-corrected chi connectivity index (χ1v) is 6.48. The van der Waals surface area contributed by atoms with Crippen LogP contribution in [0.15, 0.2) is 42.5 Å². The van der Waals surface area contributed by atoms with Crippen LogP contribution in [0.5, 0.6) is 11.5 Å². The average molecular weight is 297 g/mol. The summed E-state index contributed by atoms with van der Waals surface area (Å²) in [5.41, 5.74) is 7.28. The fraction of sp³-hybridized carbons (Fsp3) is 0.125. The Morgan fingerprint density at radius 1 is 1.23 bits per heavy atom. The van der Waals surface area contributed by atoms with E-state index in [1.807, 2.05) is 6.07 Å². The minimum Gasteiger partial charge on any atom is -0.493 e. The lowest BCUT2D eigenvalue weighted by molar-refractivity contribution is -0.118. The maximum absolute atomic E-state index is 11.8. The molecule has 0 aliphatic rings. The Balaban J connectivity index is 1.96. The second-order valence-electron chi connectivity index (χ2n) is 4.44. The number of nitrogens with zero attached hydrogens (tertiary/aromatic N) is 1. The number of ether oxygens (including phenoxy) is 2. The number of nitrogen functional groups attached to an aromatic ring is 1. The normalized spacial score (nSPS) is 9.64. The zero-order chi connectivity index (χ0) is 15.9. The molecule has 0 aliphatic carbocycles. The number of rotatable bonds is 5. The molecular weight excluding hydrogens is 282 g/mol. The van der Waals surface area contributed by atoms with E-state index in [0.29, 0.717) is 28.4 Å². The monoisotopic (exact) mass is 297 g/mol. The van der Waals surface area contributed by atoms with Gasteiger partial charge in [-0.05, 0) is 36.4 Å². The molecule has 6 heteroatoms. The second kappa shape index (κ2) is 6.99. The Morgan fingerprint density at radius 3 is 2.59 bits per heavy atom. The lowest BCUT2D eigenvalue weighted by Gasteiger charge is -2.11. The van der Waals surface area contributed by atoms with Crippen molar-refractivity contribution in [3.8, 4) is 17.6 Å². The summed E-state index contributed by atoms with van der Waals surface area (Å²) in [6.45, 7) is -0.174. The van der Waals surface area contributed by atoms with Gasteiger partial charge in [-0.1, -0.05) is 0 Å². The van der Waals surface area contributed by atoms with Gasteiger partial charge in [0, 0.05) is 17.4 Å². The molecule has 2 rings (SSSR count). The number of nitriles is 1. The van der Waals surface area contributed by atoms with Gasteiger partial charge in [-0.2, -0.15) is 5.26 Å². The highest BCUT2D eigenvalue weighted by Gasteiger charge is 2.09. The number of methoxy groups -OCH3 is 1. The van der Waals surface area contributed by atoms with E-state index in [1.54, 1.807) is 42.5 Å². The molecule has 0 radical (unpaired) electrons.